The van der Waals surface area contributed by atoms with Crippen LogP contribution in [0.25, 0.3) is 0 Å². The van der Waals surface area contributed by atoms with Gasteiger partial charge in [-0.05, 0) is 32.3 Å². The molecule has 0 spiro atoms. The van der Waals surface area contributed by atoms with E-state index in [1.54, 1.807) is 0 Å². The van der Waals surface area contributed by atoms with E-state index in [4.69, 9.17) is 4.74 Å². The Kier molecular flexibility index (Phi) is 7.19. The minimum atomic E-state index is -0.420. The van der Waals surface area contributed by atoms with Crippen molar-refractivity contribution in [3.63, 3.8) is 0 Å². The highest BCUT2D eigenvalue weighted by atomic mass is 16.5. The van der Waals surface area contributed by atoms with Crippen LogP contribution in [0.4, 0.5) is 0 Å². The second kappa shape index (κ2) is 8.76. The van der Waals surface area contributed by atoms with Crippen molar-refractivity contribution in [1.82, 2.24) is 0 Å². The van der Waals surface area contributed by atoms with Crippen LogP contribution in [0.2, 0.25) is 0 Å². The van der Waals surface area contributed by atoms with Gasteiger partial charge in [0, 0.05) is 5.56 Å². The Bertz CT molecular complexity index is 347. The molecule has 0 aliphatic heterocycles. The van der Waals surface area contributed by atoms with Crippen molar-refractivity contribution >= 4 is 0 Å². The van der Waals surface area contributed by atoms with Crippen molar-refractivity contribution in [3.8, 4) is 5.75 Å². The van der Waals surface area contributed by atoms with Gasteiger partial charge in [0.1, 0.15) is 5.75 Å². The number of para-hydroxylation sites is 1. The van der Waals surface area contributed by atoms with Crippen molar-refractivity contribution in [2.45, 2.75) is 45.1 Å². The minimum Gasteiger partial charge on any atom is -0.493 e. The van der Waals surface area contributed by atoms with Crippen LogP contribution in [0.3, 0.4) is 0 Å². The molecule has 0 radical (unpaired) electrons. The largest absolute Gasteiger partial charge is 0.493 e. The van der Waals surface area contributed by atoms with E-state index in [0.717, 1.165) is 43.4 Å². The molecule has 0 aromatic heterocycles. The Hall–Kier alpha value is -1.28. The van der Waals surface area contributed by atoms with Gasteiger partial charge in [0.2, 0.25) is 0 Å². The number of hydrogen-bond acceptors (Lipinski definition) is 2. The number of aliphatic hydroxyl groups excluding tert-OH is 1. The lowest BCUT2D eigenvalue weighted by molar-refractivity contribution is 0.158. The monoisotopic (exact) mass is 248 g/mol. The van der Waals surface area contributed by atoms with Gasteiger partial charge in [0.05, 0.1) is 12.7 Å². The minimum absolute atomic E-state index is 0.420. The molecule has 0 aliphatic carbocycles. The summed E-state index contributed by atoms with van der Waals surface area (Å²) in [6.45, 7) is 6.29. The van der Waals surface area contributed by atoms with Gasteiger partial charge in [-0.15, -0.1) is 6.58 Å². The van der Waals surface area contributed by atoms with Crippen molar-refractivity contribution in [3.05, 3.63) is 42.5 Å². The molecule has 0 saturated heterocycles. The molecule has 0 aliphatic rings. The normalized spacial score (nSPS) is 12.1. The highest BCUT2D eigenvalue weighted by Gasteiger charge is 2.12. The molecule has 0 bridgehead atoms. The number of unbranched alkanes of at least 4 members (excludes halogenated alkanes) is 3. The highest BCUT2D eigenvalue weighted by Crippen LogP contribution is 2.28. The summed E-state index contributed by atoms with van der Waals surface area (Å²) in [4.78, 5) is 0. The van der Waals surface area contributed by atoms with E-state index in [0.29, 0.717) is 6.61 Å². The lowest BCUT2D eigenvalue weighted by Crippen LogP contribution is -2.02. The summed E-state index contributed by atoms with van der Waals surface area (Å²) in [5.41, 5.74) is 0.906. The molecule has 1 aromatic rings. The number of allylic oxidation sites excluding steroid dienone is 1. The van der Waals surface area contributed by atoms with Crippen LogP contribution in [-0.2, 0) is 0 Å². The van der Waals surface area contributed by atoms with E-state index in [1.165, 1.54) is 0 Å². The van der Waals surface area contributed by atoms with Crippen LogP contribution in [-0.4, -0.2) is 11.7 Å². The summed E-state index contributed by atoms with van der Waals surface area (Å²) in [7, 11) is 0. The first kappa shape index (κ1) is 14.8. The van der Waals surface area contributed by atoms with Crippen molar-refractivity contribution < 1.29 is 9.84 Å². The van der Waals surface area contributed by atoms with Crippen molar-refractivity contribution in [2.24, 2.45) is 0 Å². The van der Waals surface area contributed by atoms with Gasteiger partial charge in [-0.1, -0.05) is 37.1 Å². The summed E-state index contributed by atoms with van der Waals surface area (Å²) >= 11 is 0. The number of hydrogen-bond donors (Lipinski definition) is 1. The number of rotatable bonds is 9. The first-order valence-corrected chi connectivity index (χ1v) is 6.80. The lowest BCUT2D eigenvalue weighted by Gasteiger charge is -2.15. The van der Waals surface area contributed by atoms with Crippen LogP contribution >= 0.6 is 0 Å². The van der Waals surface area contributed by atoms with Crippen LogP contribution < -0.4 is 4.74 Å². The summed E-state index contributed by atoms with van der Waals surface area (Å²) in [5, 5.41) is 10.2. The third-order valence-corrected chi connectivity index (χ3v) is 2.96. The molecule has 1 N–H and O–H groups in total. The Labute approximate surface area is 110 Å². The van der Waals surface area contributed by atoms with Gasteiger partial charge >= 0.3 is 0 Å². The molecule has 1 unspecified atom stereocenters. The maximum Gasteiger partial charge on any atom is 0.125 e. The molecule has 100 valence electrons. The zero-order valence-electron chi connectivity index (χ0n) is 11.3. The van der Waals surface area contributed by atoms with E-state index >= 15 is 0 Å². The fourth-order valence-electron chi connectivity index (χ4n) is 2.00. The van der Waals surface area contributed by atoms with Gasteiger partial charge < -0.3 is 9.84 Å². The second-order valence-electron chi connectivity index (χ2n) is 4.41. The number of benzene rings is 1. The predicted molar refractivity (Wildman–Crippen MR) is 75.9 cm³/mol. The molecule has 0 fully saturated rings. The third kappa shape index (κ3) is 4.92. The Morgan fingerprint density at radius 2 is 2.06 bits per heavy atom. The van der Waals surface area contributed by atoms with Crippen LogP contribution in [0.1, 0.15) is 50.7 Å². The third-order valence-electron chi connectivity index (χ3n) is 2.96. The van der Waals surface area contributed by atoms with Gasteiger partial charge in [0.25, 0.3) is 0 Å². The number of aliphatic hydroxyl groups is 1. The highest BCUT2D eigenvalue weighted by molar-refractivity contribution is 5.34. The van der Waals surface area contributed by atoms with Gasteiger partial charge in [-0.3, -0.25) is 0 Å². The summed E-state index contributed by atoms with van der Waals surface area (Å²) in [5.74, 6) is 0.804. The molecule has 18 heavy (non-hydrogen) atoms. The van der Waals surface area contributed by atoms with Crippen molar-refractivity contribution in [2.75, 3.05) is 6.61 Å². The summed E-state index contributed by atoms with van der Waals surface area (Å²) in [6, 6.07) is 7.74. The molecule has 1 rings (SSSR count). The second-order valence-corrected chi connectivity index (χ2v) is 4.41. The molecule has 1 atom stereocenters. The summed E-state index contributed by atoms with van der Waals surface area (Å²) < 4.78 is 5.53. The molecule has 0 amide bonds. The first-order valence-electron chi connectivity index (χ1n) is 6.80. The molecule has 0 saturated carbocycles. The quantitative estimate of drug-likeness (QED) is 0.523. The van der Waals surface area contributed by atoms with Gasteiger partial charge in [0.15, 0.2) is 0 Å². The average Bonchev–Trinajstić information content (AvgIpc) is 2.39. The Balaban J connectivity index is 2.44. The van der Waals surface area contributed by atoms with E-state index in [2.05, 4.69) is 6.58 Å². The maximum absolute atomic E-state index is 10.2. The zero-order valence-corrected chi connectivity index (χ0v) is 11.3. The maximum atomic E-state index is 10.2. The molecule has 0 heterocycles. The van der Waals surface area contributed by atoms with Crippen LogP contribution in [0.5, 0.6) is 5.75 Å². The van der Waals surface area contributed by atoms with E-state index in [-0.39, 0.29) is 0 Å². The van der Waals surface area contributed by atoms with E-state index in [9.17, 15) is 5.11 Å². The van der Waals surface area contributed by atoms with E-state index < -0.39 is 6.10 Å². The fraction of sp³-hybridized carbons (Fsp3) is 0.500. The Morgan fingerprint density at radius 1 is 1.28 bits per heavy atom. The molecule has 1 aromatic carbocycles. The van der Waals surface area contributed by atoms with Crippen molar-refractivity contribution in [1.29, 1.82) is 0 Å². The zero-order chi connectivity index (χ0) is 13.2. The van der Waals surface area contributed by atoms with Gasteiger partial charge in [-0.2, -0.15) is 0 Å². The lowest BCUT2D eigenvalue weighted by atomic mass is 10.0. The van der Waals surface area contributed by atoms with E-state index in [1.807, 2.05) is 37.3 Å². The number of ether oxygens (including phenoxy) is 1. The fourth-order valence-corrected chi connectivity index (χ4v) is 2.00. The summed E-state index contributed by atoms with van der Waals surface area (Å²) in [6.07, 6.45) is 6.71. The smallest absolute Gasteiger partial charge is 0.125 e. The van der Waals surface area contributed by atoms with Gasteiger partial charge in [-0.25, -0.2) is 0 Å². The average molecular weight is 248 g/mol. The van der Waals surface area contributed by atoms with Crippen LogP contribution in [0, 0.1) is 0 Å². The standard InChI is InChI=1S/C16H24O2/c1-3-5-6-7-8-12-15(17)14-11-9-10-13-16(14)18-4-2/h3,9-11,13,15,17H,1,4-8,12H2,2H3. The molecule has 2 nitrogen and oxygen atoms in total. The predicted octanol–water partition coefficient (Wildman–Crippen LogP) is 4.26. The first-order chi connectivity index (χ1) is 8.79. The molecule has 2 heteroatoms. The molecular weight excluding hydrogens is 224 g/mol. The molecular formula is C16H24O2. The Morgan fingerprint density at radius 3 is 2.78 bits per heavy atom. The topological polar surface area (TPSA) is 29.5 Å². The van der Waals surface area contributed by atoms with Crippen LogP contribution in [0.15, 0.2) is 36.9 Å². The SMILES string of the molecule is C=CCCCCCC(O)c1ccccc1OCC.